The first kappa shape index (κ1) is 20.5. The average molecular weight is 398 g/mol. The Labute approximate surface area is 168 Å². The van der Waals surface area contributed by atoms with Gasteiger partial charge in [0, 0.05) is 19.8 Å². The van der Waals surface area contributed by atoms with Crippen LogP contribution in [-0.4, -0.2) is 38.1 Å². The molecule has 6 nitrogen and oxygen atoms in total. The van der Waals surface area contributed by atoms with Gasteiger partial charge in [0.25, 0.3) is 5.91 Å². The number of para-hydroxylation sites is 2. The fourth-order valence-electron chi connectivity index (χ4n) is 2.88. The quantitative estimate of drug-likeness (QED) is 0.548. The minimum absolute atomic E-state index is 0.0689. The van der Waals surface area contributed by atoms with E-state index in [1.54, 1.807) is 36.4 Å². The van der Waals surface area contributed by atoms with Crippen LogP contribution >= 0.6 is 0 Å². The number of amides is 2. The second-order valence-corrected chi connectivity index (χ2v) is 6.42. The molecule has 0 unspecified atom stereocenters. The number of nitrogens with zero attached hydrogens (tertiary/aromatic N) is 1. The molecule has 3 rings (SSSR count). The Morgan fingerprint density at radius 2 is 1.97 bits per heavy atom. The summed E-state index contributed by atoms with van der Waals surface area (Å²) >= 11 is 0. The molecule has 0 fully saturated rings. The van der Waals surface area contributed by atoms with Gasteiger partial charge in [0.15, 0.2) is 11.5 Å². The minimum atomic E-state index is -0.433. The maximum atomic E-state index is 13.1. The topological polar surface area (TPSA) is 67.9 Å². The van der Waals surface area contributed by atoms with Gasteiger partial charge in [-0.3, -0.25) is 14.5 Å². The molecule has 1 N–H and O–H groups in total. The van der Waals surface area contributed by atoms with Gasteiger partial charge >= 0.3 is 0 Å². The molecule has 1 heterocycles. The molecule has 152 valence electrons. The van der Waals surface area contributed by atoms with Crippen LogP contribution in [0, 0.1) is 5.82 Å². The minimum Gasteiger partial charge on any atom is -0.449 e. The molecule has 0 bridgehead atoms. The highest BCUT2D eigenvalue weighted by Crippen LogP contribution is 2.35. The Kier molecular flexibility index (Phi) is 6.97. The molecule has 0 aliphatic carbocycles. The number of benzene rings is 2. The van der Waals surface area contributed by atoms with E-state index in [1.807, 2.05) is 6.92 Å². The van der Waals surface area contributed by atoms with Crippen LogP contribution in [0.2, 0.25) is 0 Å². The normalized spacial score (nSPS) is 14.5. The summed E-state index contributed by atoms with van der Waals surface area (Å²) in [5.41, 5.74) is 1.15. The van der Waals surface area contributed by atoms with Crippen LogP contribution < -0.4 is 15.0 Å². The number of nitrogens with one attached hydrogen (secondary N) is 1. The number of halogens is 1. The second kappa shape index (κ2) is 9.84. The first-order chi connectivity index (χ1) is 14.1. The summed E-state index contributed by atoms with van der Waals surface area (Å²) in [6, 6.07) is 12.7. The lowest BCUT2D eigenvalue weighted by atomic mass is 10.1. The van der Waals surface area contributed by atoms with E-state index in [2.05, 4.69) is 5.32 Å². The van der Waals surface area contributed by atoms with E-state index in [9.17, 15) is 14.0 Å². The van der Waals surface area contributed by atoms with E-state index in [-0.39, 0.29) is 24.0 Å². The summed E-state index contributed by atoms with van der Waals surface area (Å²) in [5.74, 6) is -0.523. The molecular formula is C22H23FN2O4. The Balaban J connectivity index is 1.75. The van der Waals surface area contributed by atoms with E-state index in [4.69, 9.17) is 9.47 Å². The summed E-state index contributed by atoms with van der Waals surface area (Å²) < 4.78 is 24.1. The van der Waals surface area contributed by atoms with Gasteiger partial charge in [-0.25, -0.2) is 4.39 Å². The lowest BCUT2D eigenvalue weighted by Gasteiger charge is -2.30. The summed E-state index contributed by atoms with van der Waals surface area (Å²) in [5, 5.41) is 2.80. The van der Waals surface area contributed by atoms with Crippen molar-refractivity contribution in [3.8, 4) is 5.75 Å². The number of anilines is 1. The molecule has 2 aromatic rings. The third-order valence-corrected chi connectivity index (χ3v) is 4.29. The van der Waals surface area contributed by atoms with E-state index >= 15 is 0 Å². The Bertz CT molecular complexity index is 896. The van der Waals surface area contributed by atoms with Crippen molar-refractivity contribution in [1.29, 1.82) is 0 Å². The van der Waals surface area contributed by atoms with Crippen molar-refractivity contribution < 1.29 is 23.5 Å². The van der Waals surface area contributed by atoms with Gasteiger partial charge in [-0.05, 0) is 49.2 Å². The molecule has 0 radical (unpaired) electrons. The molecule has 0 aromatic heterocycles. The van der Waals surface area contributed by atoms with E-state index in [0.29, 0.717) is 43.2 Å². The van der Waals surface area contributed by atoms with Crippen LogP contribution in [0.3, 0.4) is 0 Å². The number of hydrogen-bond acceptors (Lipinski definition) is 4. The molecule has 0 saturated heterocycles. The Morgan fingerprint density at radius 1 is 1.21 bits per heavy atom. The SMILES string of the molecule is CCOCCCNC(=O)CN1C(=O)C(=Cc2ccc(F)cc2)Oc2ccccc21. The molecule has 2 amide bonds. The highest BCUT2D eigenvalue weighted by Gasteiger charge is 2.31. The molecule has 7 heteroatoms. The Hall–Kier alpha value is -3.19. The van der Waals surface area contributed by atoms with Gasteiger partial charge in [0.1, 0.15) is 12.4 Å². The number of hydrogen-bond donors (Lipinski definition) is 1. The second-order valence-electron chi connectivity index (χ2n) is 6.42. The van der Waals surface area contributed by atoms with Crippen LogP contribution in [0.15, 0.2) is 54.3 Å². The highest BCUT2D eigenvalue weighted by molar-refractivity contribution is 6.12. The molecule has 0 atom stereocenters. The highest BCUT2D eigenvalue weighted by atomic mass is 19.1. The van der Waals surface area contributed by atoms with Gasteiger partial charge in [-0.15, -0.1) is 0 Å². The van der Waals surface area contributed by atoms with Crippen molar-refractivity contribution in [2.24, 2.45) is 0 Å². The molecular weight excluding hydrogens is 375 g/mol. The fourth-order valence-corrected chi connectivity index (χ4v) is 2.88. The maximum Gasteiger partial charge on any atom is 0.294 e. The van der Waals surface area contributed by atoms with Crippen LogP contribution in [-0.2, 0) is 14.3 Å². The number of carbonyl (C=O) groups excluding carboxylic acids is 2. The fraction of sp³-hybridized carbons (Fsp3) is 0.273. The lowest BCUT2D eigenvalue weighted by Crippen LogP contribution is -2.44. The van der Waals surface area contributed by atoms with Gasteiger partial charge in [-0.2, -0.15) is 0 Å². The Morgan fingerprint density at radius 3 is 2.72 bits per heavy atom. The van der Waals surface area contributed by atoms with Crippen molar-refractivity contribution >= 4 is 23.6 Å². The smallest absolute Gasteiger partial charge is 0.294 e. The molecule has 0 saturated carbocycles. The lowest BCUT2D eigenvalue weighted by molar-refractivity contribution is -0.123. The maximum absolute atomic E-state index is 13.1. The van der Waals surface area contributed by atoms with Crippen LogP contribution in [0.25, 0.3) is 6.08 Å². The monoisotopic (exact) mass is 398 g/mol. The average Bonchev–Trinajstić information content (AvgIpc) is 2.72. The van der Waals surface area contributed by atoms with E-state index < -0.39 is 5.91 Å². The molecule has 2 aromatic carbocycles. The van der Waals surface area contributed by atoms with Gasteiger partial charge < -0.3 is 14.8 Å². The number of fused-ring (bicyclic) bond motifs is 1. The van der Waals surface area contributed by atoms with Crippen LogP contribution in [0.5, 0.6) is 5.75 Å². The predicted molar refractivity (Wildman–Crippen MR) is 108 cm³/mol. The van der Waals surface area contributed by atoms with Crippen LogP contribution in [0.1, 0.15) is 18.9 Å². The first-order valence-electron chi connectivity index (χ1n) is 9.49. The van der Waals surface area contributed by atoms with E-state index in [1.165, 1.54) is 23.1 Å². The van der Waals surface area contributed by atoms with Crippen molar-refractivity contribution in [2.45, 2.75) is 13.3 Å². The van der Waals surface area contributed by atoms with Crippen molar-refractivity contribution in [3.63, 3.8) is 0 Å². The van der Waals surface area contributed by atoms with Gasteiger partial charge in [-0.1, -0.05) is 24.3 Å². The zero-order valence-corrected chi connectivity index (χ0v) is 16.2. The third-order valence-electron chi connectivity index (χ3n) is 4.29. The number of rotatable bonds is 8. The van der Waals surface area contributed by atoms with Crippen molar-refractivity contribution in [2.75, 3.05) is 31.2 Å². The summed E-state index contributed by atoms with van der Waals surface area (Å²) in [7, 11) is 0. The third kappa shape index (κ3) is 5.42. The summed E-state index contributed by atoms with van der Waals surface area (Å²) in [4.78, 5) is 26.7. The number of carbonyl (C=O) groups is 2. The molecule has 0 spiro atoms. The molecule has 1 aliphatic heterocycles. The van der Waals surface area contributed by atoms with Crippen molar-refractivity contribution in [3.05, 3.63) is 65.7 Å². The molecule has 29 heavy (non-hydrogen) atoms. The summed E-state index contributed by atoms with van der Waals surface area (Å²) in [6.07, 6.45) is 2.23. The van der Waals surface area contributed by atoms with Crippen LogP contribution in [0.4, 0.5) is 10.1 Å². The largest absolute Gasteiger partial charge is 0.449 e. The zero-order valence-electron chi connectivity index (χ0n) is 16.2. The van der Waals surface area contributed by atoms with Gasteiger partial charge in [0.05, 0.1) is 5.69 Å². The zero-order chi connectivity index (χ0) is 20.6. The molecule has 1 aliphatic rings. The van der Waals surface area contributed by atoms with E-state index in [0.717, 1.165) is 0 Å². The summed E-state index contributed by atoms with van der Waals surface area (Å²) in [6.45, 7) is 3.46. The van der Waals surface area contributed by atoms with Crippen molar-refractivity contribution in [1.82, 2.24) is 5.32 Å². The standard InChI is InChI=1S/C22H23FN2O4/c1-2-28-13-5-12-24-21(26)15-25-18-6-3-4-7-19(18)29-20(22(25)27)14-16-8-10-17(23)11-9-16/h3-4,6-11,14H,2,5,12-13,15H2,1H3,(H,24,26). The van der Waals surface area contributed by atoms with Gasteiger partial charge in [0.2, 0.25) is 5.91 Å². The predicted octanol–water partition coefficient (Wildman–Crippen LogP) is 3.14. The first-order valence-corrected chi connectivity index (χ1v) is 9.49. The number of ether oxygens (including phenoxy) is 2.